The van der Waals surface area contributed by atoms with Crippen molar-refractivity contribution in [1.29, 1.82) is 0 Å². The molecule has 6 nitrogen and oxygen atoms in total. The number of carboxylic acids is 1. The molecule has 17 heavy (non-hydrogen) atoms. The molecule has 0 aromatic rings. The normalized spacial score (nSPS) is 15.8. The first-order valence-electron chi connectivity index (χ1n) is 5.25. The number of nitrogens with zero attached hydrogens (tertiary/aromatic N) is 1. The fraction of sp³-hybridized carbons (Fsp3) is 0.545. The number of amidine groups is 1. The Morgan fingerprint density at radius 2 is 1.94 bits per heavy atom. The molecule has 0 aliphatic heterocycles. The van der Waals surface area contributed by atoms with E-state index in [0.717, 1.165) is 0 Å². The Morgan fingerprint density at radius 1 is 1.35 bits per heavy atom. The molecule has 6 heteroatoms. The molecule has 0 aliphatic rings. The third-order valence-corrected chi connectivity index (χ3v) is 2.27. The number of Topliss-reactive ketones (excluding diaryl/α,β-unsaturated/α-hetero) is 1. The molecule has 0 fully saturated rings. The van der Waals surface area contributed by atoms with Crippen molar-refractivity contribution in [3.63, 3.8) is 0 Å². The van der Waals surface area contributed by atoms with Crippen LogP contribution in [0.5, 0.6) is 0 Å². The summed E-state index contributed by atoms with van der Waals surface area (Å²) in [4.78, 5) is 25.9. The predicted octanol–water partition coefficient (Wildman–Crippen LogP) is 0.0710. The maximum Gasteiger partial charge on any atom is 0.331 e. The van der Waals surface area contributed by atoms with Gasteiger partial charge in [0, 0.05) is 13.0 Å². The topological polar surface area (TPSA) is 119 Å². The van der Waals surface area contributed by atoms with Crippen LogP contribution in [0.1, 0.15) is 26.7 Å². The molecule has 0 aromatic heterocycles. The van der Waals surface area contributed by atoms with E-state index in [0.29, 0.717) is 18.8 Å². The van der Waals surface area contributed by atoms with Crippen molar-refractivity contribution in [3.05, 3.63) is 12.2 Å². The molecule has 0 aliphatic carbocycles. The summed E-state index contributed by atoms with van der Waals surface area (Å²) in [6, 6.07) is 0. The van der Waals surface area contributed by atoms with Crippen molar-refractivity contribution in [2.75, 3.05) is 6.54 Å². The van der Waals surface area contributed by atoms with Crippen LogP contribution in [0.3, 0.4) is 0 Å². The average molecular weight is 241 g/mol. The summed E-state index contributed by atoms with van der Waals surface area (Å²) >= 11 is 0. The van der Waals surface area contributed by atoms with Crippen LogP contribution < -0.4 is 11.5 Å². The molecule has 0 radical (unpaired) electrons. The summed E-state index contributed by atoms with van der Waals surface area (Å²) in [5.74, 6) is -1.38. The standard InChI is InChI=1S/C11H19N3O3/c1-8(15)11(13,10(16)17)6-4-3-5-7-14-9(2)12/h3-4H,5-7,13H2,1-2H3,(H2,12,14)(H,16,17)/b4-3-/t11-/m1/s1. The van der Waals surface area contributed by atoms with Crippen LogP contribution in [0, 0.1) is 0 Å². The van der Waals surface area contributed by atoms with E-state index < -0.39 is 17.3 Å². The molecule has 0 unspecified atom stereocenters. The van der Waals surface area contributed by atoms with Gasteiger partial charge in [0.15, 0.2) is 11.3 Å². The van der Waals surface area contributed by atoms with E-state index in [-0.39, 0.29) is 6.42 Å². The molecular formula is C11H19N3O3. The molecule has 0 bridgehead atoms. The number of hydrogen-bond acceptors (Lipinski definition) is 4. The van der Waals surface area contributed by atoms with Gasteiger partial charge in [-0.05, 0) is 20.3 Å². The van der Waals surface area contributed by atoms with Gasteiger partial charge in [-0.3, -0.25) is 9.79 Å². The second-order valence-corrected chi connectivity index (χ2v) is 3.82. The van der Waals surface area contributed by atoms with Gasteiger partial charge in [0.2, 0.25) is 0 Å². The highest BCUT2D eigenvalue weighted by atomic mass is 16.4. The number of rotatable bonds is 7. The monoisotopic (exact) mass is 241 g/mol. The van der Waals surface area contributed by atoms with Crippen LogP contribution in [0.2, 0.25) is 0 Å². The lowest BCUT2D eigenvalue weighted by atomic mass is 9.92. The van der Waals surface area contributed by atoms with Gasteiger partial charge < -0.3 is 16.6 Å². The largest absolute Gasteiger partial charge is 0.480 e. The average Bonchev–Trinajstić information content (AvgIpc) is 2.21. The predicted molar refractivity (Wildman–Crippen MR) is 65.8 cm³/mol. The van der Waals surface area contributed by atoms with Crippen LogP contribution in [-0.4, -0.2) is 34.8 Å². The Morgan fingerprint density at radius 3 is 2.35 bits per heavy atom. The second-order valence-electron chi connectivity index (χ2n) is 3.82. The van der Waals surface area contributed by atoms with Gasteiger partial charge in [-0.1, -0.05) is 12.2 Å². The van der Waals surface area contributed by atoms with Gasteiger partial charge in [-0.25, -0.2) is 4.79 Å². The third kappa shape index (κ3) is 5.26. The first kappa shape index (κ1) is 15.3. The smallest absolute Gasteiger partial charge is 0.331 e. The number of aliphatic imine (C=N–C) groups is 1. The number of ketones is 1. The van der Waals surface area contributed by atoms with Crippen LogP contribution in [0.4, 0.5) is 0 Å². The molecule has 5 N–H and O–H groups in total. The summed E-state index contributed by atoms with van der Waals surface area (Å²) in [7, 11) is 0. The Kier molecular flexibility index (Phi) is 6.12. The molecule has 0 saturated carbocycles. The molecule has 0 rings (SSSR count). The molecule has 0 spiro atoms. The number of nitrogens with two attached hydrogens (primary N) is 2. The van der Waals surface area contributed by atoms with Gasteiger partial charge in [0.1, 0.15) is 0 Å². The van der Waals surface area contributed by atoms with E-state index >= 15 is 0 Å². The van der Waals surface area contributed by atoms with Gasteiger partial charge in [-0.15, -0.1) is 0 Å². The highest BCUT2D eigenvalue weighted by Gasteiger charge is 2.37. The van der Waals surface area contributed by atoms with E-state index in [1.54, 1.807) is 19.1 Å². The van der Waals surface area contributed by atoms with Crippen LogP contribution >= 0.6 is 0 Å². The van der Waals surface area contributed by atoms with Crippen LogP contribution in [0.25, 0.3) is 0 Å². The van der Waals surface area contributed by atoms with Gasteiger partial charge >= 0.3 is 5.97 Å². The minimum absolute atomic E-state index is 0.0248. The molecule has 96 valence electrons. The van der Waals surface area contributed by atoms with E-state index in [2.05, 4.69) is 4.99 Å². The van der Waals surface area contributed by atoms with Crippen molar-refractivity contribution < 1.29 is 14.7 Å². The second kappa shape index (κ2) is 6.80. The third-order valence-electron chi connectivity index (χ3n) is 2.27. The van der Waals surface area contributed by atoms with Crippen molar-refractivity contribution in [2.24, 2.45) is 16.5 Å². The fourth-order valence-corrected chi connectivity index (χ4v) is 1.08. The van der Waals surface area contributed by atoms with Gasteiger partial charge in [0.05, 0.1) is 5.84 Å². The number of aliphatic carboxylic acids is 1. The van der Waals surface area contributed by atoms with Crippen molar-refractivity contribution >= 4 is 17.6 Å². The van der Waals surface area contributed by atoms with Crippen molar-refractivity contribution in [2.45, 2.75) is 32.2 Å². The Labute approximate surface area is 100 Å². The quantitative estimate of drug-likeness (QED) is 0.191. The number of hydrogen-bond donors (Lipinski definition) is 3. The fourth-order valence-electron chi connectivity index (χ4n) is 1.08. The van der Waals surface area contributed by atoms with Gasteiger partial charge in [-0.2, -0.15) is 0 Å². The Balaban J connectivity index is 4.25. The first-order chi connectivity index (χ1) is 7.80. The van der Waals surface area contributed by atoms with Crippen LogP contribution in [0.15, 0.2) is 17.1 Å². The maximum absolute atomic E-state index is 11.1. The number of carbonyl (C=O) groups excluding carboxylic acids is 1. The highest BCUT2D eigenvalue weighted by Crippen LogP contribution is 2.10. The molecule has 0 heterocycles. The zero-order chi connectivity index (χ0) is 13.5. The molecular weight excluding hydrogens is 222 g/mol. The summed E-state index contributed by atoms with van der Waals surface area (Å²) in [6.07, 6.45) is 3.92. The van der Waals surface area contributed by atoms with Crippen molar-refractivity contribution in [3.8, 4) is 0 Å². The highest BCUT2D eigenvalue weighted by molar-refractivity contribution is 6.06. The summed E-state index contributed by atoms with van der Waals surface area (Å²) in [6.45, 7) is 3.39. The lowest BCUT2D eigenvalue weighted by Gasteiger charge is -2.19. The van der Waals surface area contributed by atoms with E-state index in [1.165, 1.54) is 6.92 Å². The maximum atomic E-state index is 11.1. The minimum atomic E-state index is -1.83. The molecule has 1 atom stereocenters. The minimum Gasteiger partial charge on any atom is -0.480 e. The van der Waals surface area contributed by atoms with Crippen molar-refractivity contribution in [1.82, 2.24) is 0 Å². The molecule has 0 amide bonds. The molecule has 0 aromatic carbocycles. The summed E-state index contributed by atoms with van der Waals surface area (Å²) < 4.78 is 0. The zero-order valence-corrected chi connectivity index (χ0v) is 10.1. The van der Waals surface area contributed by atoms with Crippen LogP contribution in [-0.2, 0) is 9.59 Å². The molecule has 0 saturated heterocycles. The number of carboxylic acid groups (broad SMARTS) is 1. The number of carbonyl (C=O) groups is 2. The van der Waals surface area contributed by atoms with E-state index in [1.807, 2.05) is 0 Å². The summed E-state index contributed by atoms with van der Waals surface area (Å²) in [5.41, 5.74) is 9.01. The van der Waals surface area contributed by atoms with E-state index in [4.69, 9.17) is 16.6 Å². The first-order valence-corrected chi connectivity index (χ1v) is 5.25. The lowest BCUT2D eigenvalue weighted by Crippen LogP contribution is -2.53. The summed E-state index contributed by atoms with van der Waals surface area (Å²) in [5, 5.41) is 8.86. The van der Waals surface area contributed by atoms with E-state index in [9.17, 15) is 9.59 Å². The van der Waals surface area contributed by atoms with Gasteiger partial charge in [0.25, 0.3) is 0 Å². The Bertz CT molecular complexity index is 330. The Hall–Kier alpha value is -1.69. The zero-order valence-electron chi connectivity index (χ0n) is 10.1. The SMILES string of the molecule is CC(=O)[C@](N)(C/C=C\CCN=C(C)N)C(=O)O. The lowest BCUT2D eigenvalue weighted by molar-refractivity contribution is -0.147.